The Bertz CT molecular complexity index is 588. The Kier molecular flexibility index (Phi) is 3.60. The molecule has 0 bridgehead atoms. The molecular weight excluding hydrogens is 251 g/mol. The molecule has 0 fully saturated rings. The van der Waals surface area contributed by atoms with Crippen LogP contribution in [0.4, 0.5) is 13.2 Å². The minimum absolute atomic E-state index is 0.409. The van der Waals surface area contributed by atoms with Crippen LogP contribution in [-0.2, 0) is 12.6 Å². The zero-order valence-electron chi connectivity index (χ0n) is 10.8. The van der Waals surface area contributed by atoms with Crippen LogP contribution in [0.3, 0.4) is 0 Å². The minimum atomic E-state index is -4.30. The number of aromatic nitrogens is 1. The largest absolute Gasteiger partial charge is 0.416 e. The highest BCUT2D eigenvalue weighted by molar-refractivity contribution is 5.33. The Hall–Kier alpha value is -1.84. The average Bonchev–Trinajstić information content (AvgIpc) is 2.26. The van der Waals surface area contributed by atoms with Gasteiger partial charge in [0.05, 0.1) is 5.56 Å². The zero-order valence-corrected chi connectivity index (χ0v) is 10.8. The van der Waals surface area contributed by atoms with Crippen LogP contribution in [0.25, 0.3) is 0 Å². The molecule has 0 aliphatic carbocycles. The average molecular weight is 265 g/mol. The smallest absolute Gasteiger partial charge is 0.261 e. The van der Waals surface area contributed by atoms with Crippen molar-refractivity contribution < 1.29 is 13.2 Å². The van der Waals surface area contributed by atoms with E-state index in [0.717, 1.165) is 17.3 Å². The van der Waals surface area contributed by atoms with Crippen LogP contribution in [-0.4, -0.2) is 4.98 Å². The molecule has 2 aromatic rings. The maximum atomic E-state index is 12.7. The van der Waals surface area contributed by atoms with Crippen molar-refractivity contribution in [3.63, 3.8) is 0 Å². The Morgan fingerprint density at radius 2 is 1.74 bits per heavy atom. The molecule has 0 aliphatic heterocycles. The first-order valence-corrected chi connectivity index (χ1v) is 5.94. The first-order chi connectivity index (χ1) is 8.84. The Labute approximate surface area is 110 Å². The summed E-state index contributed by atoms with van der Waals surface area (Å²) in [7, 11) is 0. The molecule has 0 unspecified atom stereocenters. The fourth-order valence-corrected chi connectivity index (χ4v) is 2.03. The van der Waals surface area contributed by atoms with E-state index in [4.69, 9.17) is 0 Å². The molecule has 0 spiro atoms. The lowest BCUT2D eigenvalue weighted by Crippen LogP contribution is -2.06. The predicted octanol–water partition coefficient (Wildman–Crippen LogP) is 4.31. The Morgan fingerprint density at radius 3 is 2.37 bits per heavy atom. The quantitative estimate of drug-likeness (QED) is 0.788. The predicted molar refractivity (Wildman–Crippen MR) is 68.0 cm³/mol. The molecule has 1 heterocycles. The molecule has 19 heavy (non-hydrogen) atoms. The maximum Gasteiger partial charge on any atom is 0.416 e. The van der Waals surface area contributed by atoms with Crippen molar-refractivity contribution in [2.24, 2.45) is 0 Å². The second kappa shape index (κ2) is 5.03. The van der Waals surface area contributed by atoms with E-state index in [9.17, 15) is 13.2 Å². The first-order valence-electron chi connectivity index (χ1n) is 5.94. The van der Waals surface area contributed by atoms with Gasteiger partial charge in [0.1, 0.15) is 0 Å². The number of hydrogen-bond acceptors (Lipinski definition) is 1. The molecule has 100 valence electrons. The highest BCUT2D eigenvalue weighted by Gasteiger charge is 2.30. The van der Waals surface area contributed by atoms with E-state index in [1.165, 1.54) is 6.07 Å². The Morgan fingerprint density at radius 1 is 1.00 bits per heavy atom. The summed E-state index contributed by atoms with van der Waals surface area (Å²) in [4.78, 5) is 4.18. The summed E-state index contributed by atoms with van der Waals surface area (Å²) in [5.74, 6) is 0. The highest BCUT2D eigenvalue weighted by atomic mass is 19.4. The number of pyridine rings is 1. The summed E-state index contributed by atoms with van der Waals surface area (Å²) >= 11 is 0. The number of alkyl halides is 3. The van der Waals surface area contributed by atoms with Crippen LogP contribution in [0, 0.1) is 13.8 Å². The number of rotatable bonds is 2. The molecule has 1 aromatic carbocycles. The van der Waals surface area contributed by atoms with Crippen LogP contribution in [0.15, 0.2) is 36.5 Å². The van der Waals surface area contributed by atoms with E-state index < -0.39 is 11.7 Å². The van der Waals surface area contributed by atoms with Gasteiger partial charge in [0, 0.05) is 18.3 Å². The third-order valence-electron chi connectivity index (χ3n) is 2.82. The molecule has 2 rings (SSSR count). The van der Waals surface area contributed by atoms with Gasteiger partial charge in [0.2, 0.25) is 0 Å². The molecule has 0 saturated heterocycles. The van der Waals surface area contributed by atoms with Crippen LogP contribution < -0.4 is 0 Å². The van der Waals surface area contributed by atoms with E-state index >= 15 is 0 Å². The van der Waals surface area contributed by atoms with Crippen molar-refractivity contribution in [3.05, 3.63) is 64.5 Å². The molecule has 0 radical (unpaired) electrons. The topological polar surface area (TPSA) is 12.9 Å². The van der Waals surface area contributed by atoms with Gasteiger partial charge in [-0.1, -0.05) is 11.6 Å². The van der Waals surface area contributed by atoms with Crippen molar-refractivity contribution in [2.45, 2.75) is 26.4 Å². The normalized spacial score (nSPS) is 11.6. The van der Waals surface area contributed by atoms with Crippen LogP contribution >= 0.6 is 0 Å². The standard InChI is InChI=1S/C15H14F3N/c1-10-3-4-19-14(7-10)9-12-5-11(2)6-13(8-12)15(16,17)18/h3-8H,9H2,1-2H3. The van der Waals surface area contributed by atoms with Gasteiger partial charge in [-0.25, -0.2) is 0 Å². The van der Waals surface area contributed by atoms with E-state index in [1.807, 2.05) is 19.1 Å². The van der Waals surface area contributed by atoms with Crippen molar-refractivity contribution in [2.75, 3.05) is 0 Å². The van der Waals surface area contributed by atoms with E-state index in [1.54, 1.807) is 19.2 Å². The van der Waals surface area contributed by atoms with Gasteiger partial charge in [-0.05, 0) is 49.2 Å². The monoisotopic (exact) mass is 265 g/mol. The number of aryl methyl sites for hydroxylation is 2. The molecule has 1 nitrogen and oxygen atoms in total. The number of hydrogen-bond donors (Lipinski definition) is 0. The molecule has 1 aromatic heterocycles. The van der Waals surface area contributed by atoms with Crippen molar-refractivity contribution in [3.8, 4) is 0 Å². The van der Waals surface area contributed by atoms with Gasteiger partial charge < -0.3 is 0 Å². The molecule has 0 aliphatic rings. The lowest BCUT2D eigenvalue weighted by molar-refractivity contribution is -0.137. The fraction of sp³-hybridized carbons (Fsp3) is 0.267. The molecule has 0 saturated carbocycles. The van der Waals surface area contributed by atoms with Crippen molar-refractivity contribution in [1.29, 1.82) is 0 Å². The summed E-state index contributed by atoms with van der Waals surface area (Å²) in [5, 5.41) is 0. The summed E-state index contributed by atoms with van der Waals surface area (Å²) in [6.07, 6.45) is -2.22. The summed E-state index contributed by atoms with van der Waals surface area (Å²) in [6.45, 7) is 3.60. The van der Waals surface area contributed by atoms with Gasteiger partial charge in [0.15, 0.2) is 0 Å². The van der Waals surface area contributed by atoms with Gasteiger partial charge in [-0.3, -0.25) is 4.98 Å². The summed E-state index contributed by atoms with van der Waals surface area (Å²) < 4.78 is 38.2. The third-order valence-corrected chi connectivity index (χ3v) is 2.82. The summed E-state index contributed by atoms with van der Waals surface area (Å²) in [6, 6.07) is 7.86. The van der Waals surface area contributed by atoms with Gasteiger partial charge in [-0.15, -0.1) is 0 Å². The third kappa shape index (κ3) is 3.56. The van der Waals surface area contributed by atoms with Crippen LogP contribution in [0.2, 0.25) is 0 Å². The minimum Gasteiger partial charge on any atom is -0.261 e. The van der Waals surface area contributed by atoms with E-state index in [2.05, 4.69) is 4.98 Å². The second-order valence-electron chi connectivity index (χ2n) is 4.71. The second-order valence-corrected chi connectivity index (χ2v) is 4.71. The maximum absolute atomic E-state index is 12.7. The van der Waals surface area contributed by atoms with Gasteiger partial charge in [0.25, 0.3) is 0 Å². The van der Waals surface area contributed by atoms with Gasteiger partial charge in [-0.2, -0.15) is 13.2 Å². The molecule has 0 amide bonds. The number of benzene rings is 1. The zero-order chi connectivity index (χ0) is 14.0. The number of halogens is 3. The molecule has 0 N–H and O–H groups in total. The van der Waals surface area contributed by atoms with Gasteiger partial charge >= 0.3 is 6.18 Å². The summed E-state index contributed by atoms with van der Waals surface area (Å²) in [5.41, 5.74) is 2.46. The van der Waals surface area contributed by atoms with Crippen molar-refractivity contribution >= 4 is 0 Å². The highest BCUT2D eigenvalue weighted by Crippen LogP contribution is 2.31. The lowest BCUT2D eigenvalue weighted by Gasteiger charge is -2.10. The van der Waals surface area contributed by atoms with Crippen molar-refractivity contribution in [1.82, 2.24) is 4.98 Å². The lowest BCUT2D eigenvalue weighted by atomic mass is 10.0. The SMILES string of the molecule is Cc1cc(Cc2cc(C)ccn2)cc(C(F)(F)F)c1. The first kappa shape index (κ1) is 13.6. The number of nitrogens with zero attached hydrogens (tertiary/aromatic N) is 1. The van der Waals surface area contributed by atoms with E-state index in [0.29, 0.717) is 17.5 Å². The van der Waals surface area contributed by atoms with Crippen LogP contribution in [0.5, 0.6) is 0 Å². The molecular formula is C15H14F3N. The molecule has 0 atom stereocenters. The fourth-order valence-electron chi connectivity index (χ4n) is 2.03. The Balaban J connectivity index is 2.33. The molecule has 4 heteroatoms. The van der Waals surface area contributed by atoms with E-state index in [-0.39, 0.29) is 0 Å². The van der Waals surface area contributed by atoms with Crippen LogP contribution in [0.1, 0.15) is 27.9 Å².